The molecule has 198 valence electrons. The van der Waals surface area contributed by atoms with Gasteiger partial charge in [0.1, 0.15) is 5.65 Å². The second-order valence-electron chi connectivity index (χ2n) is 9.88. The molecule has 3 atom stereocenters. The van der Waals surface area contributed by atoms with Crippen molar-refractivity contribution >= 4 is 22.6 Å². The first-order chi connectivity index (χ1) is 18.3. The van der Waals surface area contributed by atoms with Gasteiger partial charge in [-0.05, 0) is 67.6 Å². The number of H-pyrrole nitrogens is 1. The van der Waals surface area contributed by atoms with E-state index in [1.807, 2.05) is 37.3 Å². The van der Waals surface area contributed by atoms with E-state index in [0.717, 1.165) is 30.4 Å². The van der Waals surface area contributed by atoms with Crippen molar-refractivity contribution in [3.05, 3.63) is 93.8 Å². The van der Waals surface area contributed by atoms with Crippen LogP contribution in [-0.2, 0) is 11.2 Å². The SMILES string of the molecule is C=C[C@@H]1COC[C@H](c2ccc(-n3cc4cc(-c5cc(CCC[C@H](C)N)cc(Cl)c5F)[nH]c4nc3=O)cc2)N1. The predicted octanol–water partition coefficient (Wildman–Crippen LogP) is 5.06. The van der Waals surface area contributed by atoms with Crippen LogP contribution in [0.1, 0.15) is 36.9 Å². The molecule has 1 saturated heterocycles. The first-order valence-corrected chi connectivity index (χ1v) is 13.1. The van der Waals surface area contributed by atoms with E-state index in [4.69, 9.17) is 22.1 Å². The number of benzene rings is 2. The summed E-state index contributed by atoms with van der Waals surface area (Å²) in [4.78, 5) is 20.2. The highest BCUT2D eigenvalue weighted by molar-refractivity contribution is 6.31. The molecule has 3 heterocycles. The Kier molecular flexibility index (Phi) is 7.76. The summed E-state index contributed by atoms with van der Waals surface area (Å²) in [5.74, 6) is -0.515. The zero-order valence-electron chi connectivity index (χ0n) is 21.2. The van der Waals surface area contributed by atoms with E-state index in [1.165, 1.54) is 4.57 Å². The van der Waals surface area contributed by atoms with Gasteiger partial charge in [-0.3, -0.25) is 9.88 Å². The predicted molar refractivity (Wildman–Crippen MR) is 149 cm³/mol. The van der Waals surface area contributed by atoms with E-state index < -0.39 is 11.5 Å². The maximum atomic E-state index is 15.0. The van der Waals surface area contributed by atoms with Gasteiger partial charge in [0, 0.05) is 29.2 Å². The van der Waals surface area contributed by atoms with Crippen LogP contribution in [0, 0.1) is 5.82 Å². The summed E-state index contributed by atoms with van der Waals surface area (Å²) < 4.78 is 22.2. The molecule has 0 saturated carbocycles. The number of aromatic amines is 1. The Labute approximate surface area is 225 Å². The molecule has 4 aromatic rings. The molecule has 0 radical (unpaired) electrons. The fourth-order valence-electron chi connectivity index (χ4n) is 4.80. The molecule has 4 N–H and O–H groups in total. The lowest BCUT2D eigenvalue weighted by molar-refractivity contribution is 0.0580. The molecule has 1 aliphatic heterocycles. The van der Waals surface area contributed by atoms with Crippen molar-refractivity contribution in [1.82, 2.24) is 19.9 Å². The van der Waals surface area contributed by atoms with Crippen LogP contribution in [0.5, 0.6) is 0 Å². The second-order valence-corrected chi connectivity index (χ2v) is 10.3. The highest BCUT2D eigenvalue weighted by Gasteiger charge is 2.21. The normalized spacial score (nSPS) is 18.5. The van der Waals surface area contributed by atoms with Crippen LogP contribution in [-0.4, -0.2) is 39.8 Å². The number of hydrogen-bond donors (Lipinski definition) is 3. The number of nitrogens with two attached hydrogens (primary N) is 1. The summed E-state index contributed by atoms with van der Waals surface area (Å²) in [7, 11) is 0. The van der Waals surface area contributed by atoms with Gasteiger partial charge in [0.05, 0.1) is 35.7 Å². The Balaban J connectivity index is 1.43. The third kappa shape index (κ3) is 5.59. The van der Waals surface area contributed by atoms with Crippen molar-refractivity contribution in [1.29, 1.82) is 0 Å². The second kappa shape index (κ2) is 11.2. The number of nitrogens with one attached hydrogen (secondary N) is 2. The summed E-state index contributed by atoms with van der Waals surface area (Å²) in [5, 5.41) is 4.22. The summed E-state index contributed by atoms with van der Waals surface area (Å²) in [6.45, 7) is 6.97. The lowest BCUT2D eigenvalue weighted by Gasteiger charge is -2.29. The molecule has 0 unspecified atom stereocenters. The maximum absolute atomic E-state index is 15.0. The molecule has 2 aromatic heterocycles. The Bertz CT molecular complexity index is 1510. The van der Waals surface area contributed by atoms with E-state index >= 15 is 4.39 Å². The van der Waals surface area contributed by atoms with Crippen LogP contribution < -0.4 is 16.7 Å². The van der Waals surface area contributed by atoms with Gasteiger partial charge in [-0.25, -0.2) is 9.18 Å². The number of nitrogens with zero attached hydrogens (tertiary/aromatic N) is 2. The van der Waals surface area contributed by atoms with Gasteiger partial charge in [-0.15, -0.1) is 6.58 Å². The highest BCUT2D eigenvalue weighted by atomic mass is 35.5. The average Bonchev–Trinajstić information content (AvgIpc) is 3.32. The summed E-state index contributed by atoms with van der Waals surface area (Å²) in [6.07, 6.45) is 6.04. The van der Waals surface area contributed by atoms with Crippen molar-refractivity contribution in [2.24, 2.45) is 5.73 Å². The van der Waals surface area contributed by atoms with Crippen LogP contribution in [0.25, 0.3) is 28.0 Å². The summed E-state index contributed by atoms with van der Waals surface area (Å²) in [6, 6.07) is 13.2. The van der Waals surface area contributed by atoms with E-state index in [1.54, 1.807) is 24.4 Å². The molecule has 7 nitrogen and oxygen atoms in total. The number of aryl methyl sites for hydroxylation is 1. The first-order valence-electron chi connectivity index (χ1n) is 12.8. The molecule has 5 rings (SSSR count). The lowest BCUT2D eigenvalue weighted by atomic mass is 10.0. The zero-order valence-corrected chi connectivity index (χ0v) is 22.0. The molecule has 38 heavy (non-hydrogen) atoms. The average molecular weight is 536 g/mol. The third-order valence-corrected chi connectivity index (χ3v) is 7.14. The van der Waals surface area contributed by atoms with Crippen LogP contribution in [0.15, 0.2) is 66.1 Å². The van der Waals surface area contributed by atoms with E-state index in [2.05, 4.69) is 21.9 Å². The minimum Gasteiger partial charge on any atom is -0.378 e. The van der Waals surface area contributed by atoms with Crippen molar-refractivity contribution in [3.63, 3.8) is 0 Å². The quantitative estimate of drug-likeness (QED) is 0.274. The fourth-order valence-corrected chi connectivity index (χ4v) is 5.04. The number of morpholine rings is 1. The minimum absolute atomic E-state index is 0.0431. The Morgan fingerprint density at radius 3 is 2.82 bits per heavy atom. The largest absolute Gasteiger partial charge is 0.378 e. The Morgan fingerprint density at radius 2 is 2.08 bits per heavy atom. The monoisotopic (exact) mass is 535 g/mol. The minimum atomic E-state index is -0.515. The topological polar surface area (TPSA) is 98.0 Å². The van der Waals surface area contributed by atoms with Crippen LogP contribution in [0.2, 0.25) is 5.02 Å². The molecule has 9 heteroatoms. The summed E-state index contributed by atoms with van der Waals surface area (Å²) >= 11 is 6.22. The maximum Gasteiger partial charge on any atom is 0.354 e. The van der Waals surface area contributed by atoms with Gasteiger partial charge in [0.15, 0.2) is 5.82 Å². The van der Waals surface area contributed by atoms with Crippen LogP contribution in [0.4, 0.5) is 4.39 Å². The smallest absolute Gasteiger partial charge is 0.354 e. The van der Waals surface area contributed by atoms with Gasteiger partial charge in [-0.2, -0.15) is 4.98 Å². The van der Waals surface area contributed by atoms with Crippen molar-refractivity contribution in [2.45, 2.75) is 44.3 Å². The van der Waals surface area contributed by atoms with Crippen molar-refractivity contribution < 1.29 is 9.13 Å². The molecule has 1 fully saturated rings. The molecule has 2 aromatic carbocycles. The number of halogens is 2. The van der Waals surface area contributed by atoms with Crippen molar-refractivity contribution in [3.8, 4) is 16.9 Å². The number of aromatic nitrogens is 3. The van der Waals surface area contributed by atoms with Crippen LogP contribution >= 0.6 is 11.6 Å². The van der Waals surface area contributed by atoms with Gasteiger partial charge >= 0.3 is 5.69 Å². The van der Waals surface area contributed by atoms with E-state index in [0.29, 0.717) is 41.2 Å². The van der Waals surface area contributed by atoms with Gasteiger partial charge in [0.2, 0.25) is 0 Å². The van der Waals surface area contributed by atoms with Crippen molar-refractivity contribution in [2.75, 3.05) is 13.2 Å². The molecule has 0 spiro atoms. The first kappa shape index (κ1) is 26.3. The number of hydrogen-bond acceptors (Lipinski definition) is 5. The van der Waals surface area contributed by atoms with Gasteiger partial charge in [-0.1, -0.05) is 29.8 Å². The van der Waals surface area contributed by atoms with Gasteiger partial charge < -0.3 is 15.5 Å². The van der Waals surface area contributed by atoms with E-state index in [-0.39, 0.29) is 23.1 Å². The number of rotatable bonds is 8. The van der Waals surface area contributed by atoms with Gasteiger partial charge in [0.25, 0.3) is 0 Å². The summed E-state index contributed by atoms with van der Waals surface area (Å²) in [5.41, 5.74) is 9.31. The van der Waals surface area contributed by atoms with E-state index in [9.17, 15) is 4.79 Å². The third-order valence-electron chi connectivity index (χ3n) is 6.87. The standard InChI is InChI=1S/C29H31ClFN5O2/c1-3-21-15-38-16-26(33-21)19-7-9-22(10-8-19)36-14-20-13-25(34-28(20)35-29(36)37)23-11-18(6-4-5-17(2)32)12-24(30)27(23)31/h3,7-14,17,21,26,33H,1,4-6,15-16,32H2,2H3,(H,34,35,37)/t17-,21+,26+/m0/s1. The fraction of sp³-hybridized carbons (Fsp3) is 0.310. The lowest BCUT2D eigenvalue weighted by Crippen LogP contribution is -2.42. The highest BCUT2D eigenvalue weighted by Crippen LogP contribution is 2.31. The number of ether oxygens (including phenoxy) is 1. The Morgan fingerprint density at radius 1 is 1.29 bits per heavy atom. The zero-order chi connectivity index (χ0) is 26.8. The number of fused-ring (bicyclic) bond motifs is 1. The Hall–Kier alpha value is -3.30. The molecule has 0 amide bonds. The molecule has 1 aliphatic rings. The van der Waals surface area contributed by atoms with Crippen LogP contribution in [0.3, 0.4) is 0 Å². The molecule has 0 aliphatic carbocycles. The molecular weight excluding hydrogens is 505 g/mol. The molecule has 0 bridgehead atoms. The molecular formula is C29H31ClFN5O2.